The van der Waals surface area contributed by atoms with E-state index in [-0.39, 0.29) is 5.75 Å². The maximum Gasteiger partial charge on any atom is 0.180 e. The van der Waals surface area contributed by atoms with Gasteiger partial charge in [-0.15, -0.1) is 0 Å². The fraction of sp³-hybridized carbons (Fsp3) is 0. The van der Waals surface area contributed by atoms with Crippen LogP contribution in [0.2, 0.25) is 0 Å². The first-order valence-electron chi connectivity index (χ1n) is 14.0. The number of benzene rings is 5. The van der Waals surface area contributed by atoms with E-state index >= 15 is 0 Å². The molecule has 0 saturated carbocycles. The summed E-state index contributed by atoms with van der Waals surface area (Å²) in [6, 6.07) is 43.7. The second kappa shape index (κ2) is 10.1. The molecule has 6 nitrogen and oxygen atoms in total. The molecule has 0 bridgehead atoms. The number of aromatic nitrogens is 3. The number of hydrogen-bond donors (Lipinski definition) is 1. The van der Waals surface area contributed by atoms with Gasteiger partial charge in [0.15, 0.2) is 11.4 Å². The monoisotopic (exact) mass is 556 g/mol. The average Bonchev–Trinajstić information content (AvgIpc) is 3.44. The topological polar surface area (TPSA) is 75.3 Å². The summed E-state index contributed by atoms with van der Waals surface area (Å²) in [6.45, 7) is 0. The van der Waals surface area contributed by atoms with Crippen LogP contribution >= 0.6 is 0 Å². The Hall–Kier alpha value is -6.01. The van der Waals surface area contributed by atoms with Crippen molar-refractivity contribution >= 4 is 50.0 Å². The highest BCUT2D eigenvalue weighted by Crippen LogP contribution is 2.41. The van der Waals surface area contributed by atoms with Crippen LogP contribution in [0.5, 0.6) is 5.75 Å². The summed E-state index contributed by atoms with van der Waals surface area (Å²) in [5, 5.41) is 13.8. The Labute approximate surface area is 247 Å². The largest absolute Gasteiger partial charge is 0.507 e. The fourth-order valence-electron chi connectivity index (χ4n) is 5.65. The number of phenols is 1. The lowest BCUT2D eigenvalue weighted by atomic mass is 10.1. The highest BCUT2D eigenvalue weighted by molar-refractivity contribution is 6.07. The van der Waals surface area contributed by atoms with Crippen LogP contribution in [-0.2, 0) is 0 Å². The normalized spacial score (nSPS) is 11.3. The van der Waals surface area contributed by atoms with E-state index < -0.39 is 0 Å². The Morgan fingerprint density at radius 1 is 0.651 bits per heavy atom. The molecule has 1 N–H and O–H groups in total. The molecule has 43 heavy (non-hydrogen) atoms. The average molecular weight is 557 g/mol. The molecule has 3 aromatic heterocycles. The number of hydrogen-bond acceptors (Lipinski definition) is 6. The minimum absolute atomic E-state index is 0.117. The third-order valence-corrected chi connectivity index (χ3v) is 7.63. The third kappa shape index (κ3) is 4.24. The Balaban J connectivity index is 1.38. The zero-order valence-electron chi connectivity index (χ0n) is 22.9. The molecule has 0 aliphatic rings. The van der Waals surface area contributed by atoms with E-state index in [1.54, 1.807) is 18.3 Å². The van der Waals surface area contributed by atoms with Crippen molar-refractivity contribution in [1.82, 2.24) is 15.0 Å². The number of pyridine rings is 1. The molecule has 0 saturated heterocycles. The zero-order valence-corrected chi connectivity index (χ0v) is 22.9. The van der Waals surface area contributed by atoms with E-state index in [0.717, 1.165) is 44.5 Å². The molecule has 8 rings (SSSR count). The van der Waals surface area contributed by atoms with Crippen molar-refractivity contribution in [3.05, 3.63) is 140 Å². The van der Waals surface area contributed by atoms with E-state index in [4.69, 9.17) is 19.4 Å². The lowest BCUT2D eigenvalue weighted by molar-refractivity contribution is 0.477. The van der Waals surface area contributed by atoms with Crippen LogP contribution < -0.4 is 4.90 Å². The summed E-state index contributed by atoms with van der Waals surface area (Å²) in [5.74, 6) is 1.34. The summed E-state index contributed by atoms with van der Waals surface area (Å²) >= 11 is 0. The minimum Gasteiger partial charge on any atom is -0.507 e. The van der Waals surface area contributed by atoms with Gasteiger partial charge < -0.3 is 9.52 Å². The van der Waals surface area contributed by atoms with Crippen LogP contribution in [0.25, 0.3) is 55.5 Å². The molecule has 0 fully saturated rings. The molecule has 0 aliphatic heterocycles. The van der Waals surface area contributed by atoms with Gasteiger partial charge in [-0.3, -0.25) is 4.90 Å². The van der Waals surface area contributed by atoms with Gasteiger partial charge in [-0.2, -0.15) is 0 Å². The van der Waals surface area contributed by atoms with Crippen molar-refractivity contribution in [3.8, 4) is 28.4 Å². The van der Waals surface area contributed by atoms with Crippen molar-refractivity contribution < 1.29 is 9.52 Å². The van der Waals surface area contributed by atoms with Crippen molar-refractivity contribution in [1.29, 1.82) is 0 Å². The maximum absolute atomic E-state index is 10.7. The van der Waals surface area contributed by atoms with Gasteiger partial charge in [0.05, 0.1) is 11.3 Å². The standard InChI is InChI=1S/C37H24N4O2/c42-31-19-5-3-16-28(31)37-39-34(36-35(40-37)29-17-4-6-20-32(29)43-36)25-13-9-14-26(23-25)41(33-21-7-8-22-38-33)30-18-10-12-24-11-1-2-15-27(24)30/h1-23,42H. The first-order valence-corrected chi connectivity index (χ1v) is 14.0. The van der Waals surface area contributed by atoms with Crippen LogP contribution in [0.4, 0.5) is 17.2 Å². The lowest BCUT2D eigenvalue weighted by Gasteiger charge is -2.26. The Morgan fingerprint density at radius 2 is 1.42 bits per heavy atom. The molecular formula is C37H24N4O2. The number of aromatic hydroxyl groups is 1. The van der Waals surface area contributed by atoms with Crippen LogP contribution in [0.3, 0.4) is 0 Å². The van der Waals surface area contributed by atoms with Gasteiger partial charge >= 0.3 is 0 Å². The van der Waals surface area contributed by atoms with Gasteiger partial charge in [-0.1, -0.05) is 78.9 Å². The number of fused-ring (bicyclic) bond motifs is 4. The molecular weight excluding hydrogens is 532 g/mol. The molecule has 0 amide bonds. The zero-order chi connectivity index (χ0) is 28.8. The molecule has 8 aromatic rings. The van der Waals surface area contributed by atoms with Gasteiger partial charge in [0.25, 0.3) is 0 Å². The van der Waals surface area contributed by atoms with E-state index in [0.29, 0.717) is 28.2 Å². The third-order valence-electron chi connectivity index (χ3n) is 7.63. The van der Waals surface area contributed by atoms with E-state index in [1.807, 2.05) is 72.8 Å². The van der Waals surface area contributed by atoms with E-state index in [1.165, 1.54) is 0 Å². The first-order chi connectivity index (χ1) is 21.2. The van der Waals surface area contributed by atoms with Crippen molar-refractivity contribution in [3.63, 3.8) is 0 Å². The number of para-hydroxylation sites is 2. The highest BCUT2D eigenvalue weighted by Gasteiger charge is 2.21. The number of rotatable bonds is 5. The molecule has 0 aliphatic carbocycles. The summed E-state index contributed by atoms with van der Waals surface area (Å²) in [5.41, 5.74) is 5.98. The van der Waals surface area contributed by atoms with Gasteiger partial charge in [-0.05, 0) is 60.0 Å². The Bertz CT molecular complexity index is 2270. The smallest absolute Gasteiger partial charge is 0.180 e. The number of anilines is 3. The number of nitrogens with zero attached hydrogens (tertiary/aromatic N) is 4. The summed E-state index contributed by atoms with van der Waals surface area (Å²) in [6.07, 6.45) is 1.80. The summed E-state index contributed by atoms with van der Waals surface area (Å²) in [4.78, 5) is 16.8. The predicted octanol–water partition coefficient (Wildman–Crippen LogP) is 9.43. The van der Waals surface area contributed by atoms with E-state index in [9.17, 15) is 5.11 Å². The molecule has 204 valence electrons. The van der Waals surface area contributed by atoms with Crippen LogP contribution in [0, 0.1) is 0 Å². The minimum atomic E-state index is 0.117. The van der Waals surface area contributed by atoms with Crippen LogP contribution in [0.15, 0.2) is 144 Å². The van der Waals surface area contributed by atoms with Crippen molar-refractivity contribution in [2.45, 2.75) is 0 Å². The second-order valence-corrected chi connectivity index (χ2v) is 10.3. The molecule has 0 atom stereocenters. The van der Waals surface area contributed by atoms with Crippen molar-refractivity contribution in [2.75, 3.05) is 4.90 Å². The SMILES string of the molecule is Oc1ccccc1-c1nc(-c2cccc(N(c3ccccn3)c3cccc4ccccc34)c2)c2oc3ccccc3c2n1. The lowest BCUT2D eigenvalue weighted by Crippen LogP contribution is -2.12. The van der Waals surface area contributed by atoms with Gasteiger partial charge in [0.1, 0.15) is 28.4 Å². The predicted molar refractivity (Wildman–Crippen MR) is 172 cm³/mol. The summed E-state index contributed by atoms with van der Waals surface area (Å²) < 4.78 is 6.37. The molecule has 0 spiro atoms. The quantitative estimate of drug-likeness (QED) is 0.228. The van der Waals surface area contributed by atoms with Gasteiger partial charge in [-0.25, -0.2) is 15.0 Å². The molecule has 5 aromatic carbocycles. The van der Waals surface area contributed by atoms with Gasteiger partial charge in [0.2, 0.25) is 0 Å². The molecule has 0 radical (unpaired) electrons. The molecule has 6 heteroatoms. The Kier molecular flexibility index (Phi) is 5.83. The summed E-state index contributed by atoms with van der Waals surface area (Å²) in [7, 11) is 0. The number of phenolic OH excluding ortho intramolecular Hbond substituents is 1. The maximum atomic E-state index is 10.7. The van der Waals surface area contributed by atoms with E-state index in [2.05, 4.69) is 53.4 Å². The van der Waals surface area contributed by atoms with Crippen LogP contribution in [0.1, 0.15) is 0 Å². The second-order valence-electron chi connectivity index (χ2n) is 10.3. The molecule has 0 unspecified atom stereocenters. The first kappa shape index (κ1) is 24.8. The van der Waals surface area contributed by atoms with Crippen molar-refractivity contribution in [2.24, 2.45) is 0 Å². The Morgan fingerprint density at radius 3 is 2.30 bits per heavy atom. The fourth-order valence-corrected chi connectivity index (χ4v) is 5.65. The highest BCUT2D eigenvalue weighted by atomic mass is 16.3. The van der Waals surface area contributed by atoms with Gasteiger partial charge in [0, 0.05) is 28.2 Å². The number of furan rings is 1. The van der Waals surface area contributed by atoms with Crippen LogP contribution in [-0.4, -0.2) is 20.1 Å². The molecule has 3 heterocycles.